The summed E-state index contributed by atoms with van der Waals surface area (Å²) in [5.41, 5.74) is 6.27. The first kappa shape index (κ1) is 19.1. The molecule has 1 aliphatic carbocycles. The predicted octanol–water partition coefficient (Wildman–Crippen LogP) is 5.76. The van der Waals surface area contributed by atoms with Crippen molar-refractivity contribution in [3.63, 3.8) is 0 Å². The lowest BCUT2D eigenvalue weighted by Gasteiger charge is -2.29. The molecule has 0 radical (unpaired) electrons. The lowest BCUT2D eigenvalue weighted by molar-refractivity contribution is 0.179. The van der Waals surface area contributed by atoms with Gasteiger partial charge in [-0.05, 0) is 59.4 Å². The molecule has 0 unspecified atom stereocenters. The van der Waals surface area contributed by atoms with Crippen molar-refractivity contribution >= 4 is 0 Å². The van der Waals surface area contributed by atoms with E-state index >= 15 is 0 Å². The van der Waals surface area contributed by atoms with Crippen molar-refractivity contribution in [3.05, 3.63) is 53.2 Å². The van der Waals surface area contributed by atoms with Gasteiger partial charge >= 0.3 is 0 Å². The number of pyridine rings is 1. The number of fused-ring (bicyclic) bond motifs is 1. The molecule has 3 rings (SSSR count). The van der Waals surface area contributed by atoms with Crippen LogP contribution in [0, 0.1) is 0 Å². The van der Waals surface area contributed by atoms with Gasteiger partial charge in [0.1, 0.15) is 0 Å². The Morgan fingerprint density at radius 3 is 2.23 bits per heavy atom. The van der Waals surface area contributed by atoms with Gasteiger partial charge < -0.3 is 5.11 Å². The molecule has 1 heterocycles. The Morgan fingerprint density at radius 1 is 0.962 bits per heavy atom. The Kier molecular flexibility index (Phi) is 4.77. The number of benzene rings is 1. The zero-order valence-corrected chi connectivity index (χ0v) is 17.2. The van der Waals surface area contributed by atoms with Gasteiger partial charge in [-0.1, -0.05) is 59.7 Å². The predicted molar refractivity (Wildman–Crippen MR) is 110 cm³/mol. The second-order valence-corrected chi connectivity index (χ2v) is 9.26. The van der Waals surface area contributed by atoms with Crippen molar-refractivity contribution in [2.75, 3.05) is 6.61 Å². The van der Waals surface area contributed by atoms with E-state index in [9.17, 15) is 5.11 Å². The maximum atomic E-state index is 10.0. The molecule has 1 aliphatic rings. The fourth-order valence-corrected chi connectivity index (χ4v) is 4.96. The van der Waals surface area contributed by atoms with Crippen molar-refractivity contribution in [3.8, 4) is 11.3 Å². The summed E-state index contributed by atoms with van der Waals surface area (Å²) in [6.45, 7) is 13.8. The third kappa shape index (κ3) is 2.99. The molecule has 0 atom stereocenters. The van der Waals surface area contributed by atoms with Crippen LogP contribution in [0.4, 0.5) is 0 Å². The topological polar surface area (TPSA) is 33.1 Å². The lowest BCUT2D eigenvalue weighted by atomic mass is 9.79. The number of hydrogen-bond acceptors (Lipinski definition) is 2. The first-order valence-corrected chi connectivity index (χ1v) is 9.93. The van der Waals surface area contributed by atoms with Gasteiger partial charge in [0.2, 0.25) is 0 Å². The molecule has 26 heavy (non-hydrogen) atoms. The average molecular weight is 352 g/mol. The highest BCUT2D eigenvalue weighted by Gasteiger charge is 2.41. The molecule has 0 bridgehead atoms. The van der Waals surface area contributed by atoms with E-state index in [-0.39, 0.29) is 22.9 Å². The number of nitrogens with zero attached hydrogens (tertiary/aromatic N) is 1. The maximum absolute atomic E-state index is 10.0. The number of rotatable bonds is 5. The number of hydrogen-bond donors (Lipinski definition) is 1. The molecule has 2 aromatic rings. The first-order chi connectivity index (χ1) is 12.2. The minimum absolute atomic E-state index is 0.141. The molecule has 0 aliphatic heterocycles. The number of aliphatic hydroxyl groups is 1. The van der Waals surface area contributed by atoms with Gasteiger partial charge in [0.15, 0.2) is 0 Å². The van der Waals surface area contributed by atoms with E-state index in [1.165, 1.54) is 23.1 Å². The summed E-state index contributed by atoms with van der Waals surface area (Å²) in [5.74, 6) is 0. The zero-order chi connectivity index (χ0) is 19.2. The van der Waals surface area contributed by atoms with Crippen molar-refractivity contribution in [2.24, 2.45) is 0 Å². The quantitative estimate of drug-likeness (QED) is 0.743. The highest BCUT2D eigenvalue weighted by atomic mass is 16.3. The third-order valence-corrected chi connectivity index (χ3v) is 6.61. The summed E-state index contributed by atoms with van der Waals surface area (Å²) in [5, 5.41) is 10.0. The molecule has 0 spiro atoms. The van der Waals surface area contributed by atoms with Gasteiger partial charge in [-0.15, -0.1) is 0 Å². The van der Waals surface area contributed by atoms with E-state index in [4.69, 9.17) is 4.98 Å². The largest absolute Gasteiger partial charge is 0.395 e. The summed E-state index contributed by atoms with van der Waals surface area (Å²) in [4.78, 5) is 4.98. The van der Waals surface area contributed by atoms with Crippen LogP contribution < -0.4 is 0 Å². The summed E-state index contributed by atoms with van der Waals surface area (Å²) >= 11 is 0. The minimum Gasteiger partial charge on any atom is -0.395 e. The van der Waals surface area contributed by atoms with E-state index in [0.717, 1.165) is 24.2 Å². The molecule has 140 valence electrons. The second-order valence-electron chi connectivity index (χ2n) is 9.26. The van der Waals surface area contributed by atoms with E-state index < -0.39 is 0 Å². The van der Waals surface area contributed by atoms with Crippen LogP contribution in [0.5, 0.6) is 0 Å². The van der Waals surface area contributed by atoms with Crippen LogP contribution in [-0.4, -0.2) is 16.7 Å². The minimum atomic E-state index is -0.242. The second kappa shape index (κ2) is 6.49. The van der Waals surface area contributed by atoms with Crippen LogP contribution in [0.2, 0.25) is 0 Å². The Morgan fingerprint density at radius 2 is 1.62 bits per heavy atom. The van der Waals surface area contributed by atoms with Gasteiger partial charge in [-0.25, -0.2) is 0 Å². The molecule has 1 aromatic carbocycles. The SMILES string of the molecule is CCC(CC)(CO)c1cccc(-c2ccc3c(c2)C(C)(C)CC3(C)C)n1. The van der Waals surface area contributed by atoms with Crippen LogP contribution in [0.1, 0.15) is 77.6 Å². The Balaban J connectivity index is 2.08. The molecule has 0 fully saturated rings. The van der Waals surface area contributed by atoms with Gasteiger partial charge in [0.05, 0.1) is 12.3 Å². The molecule has 0 saturated carbocycles. The number of aromatic nitrogens is 1. The van der Waals surface area contributed by atoms with Gasteiger partial charge in [-0.2, -0.15) is 0 Å². The molecular weight excluding hydrogens is 318 g/mol. The van der Waals surface area contributed by atoms with Crippen molar-refractivity contribution in [1.29, 1.82) is 0 Å². The van der Waals surface area contributed by atoms with Crippen LogP contribution in [0.3, 0.4) is 0 Å². The van der Waals surface area contributed by atoms with Crippen LogP contribution in [-0.2, 0) is 16.2 Å². The summed E-state index contributed by atoms with van der Waals surface area (Å²) in [6.07, 6.45) is 2.95. The molecule has 0 amide bonds. The van der Waals surface area contributed by atoms with Crippen molar-refractivity contribution in [2.45, 2.75) is 77.0 Å². The maximum Gasteiger partial charge on any atom is 0.0705 e. The summed E-state index contributed by atoms with van der Waals surface area (Å²) < 4.78 is 0. The smallest absolute Gasteiger partial charge is 0.0705 e. The van der Waals surface area contributed by atoms with Crippen molar-refractivity contribution < 1.29 is 5.11 Å². The molecule has 1 aromatic heterocycles. The zero-order valence-electron chi connectivity index (χ0n) is 17.2. The van der Waals surface area contributed by atoms with Gasteiger partial charge in [0.25, 0.3) is 0 Å². The first-order valence-electron chi connectivity index (χ1n) is 9.93. The normalized spacial score (nSPS) is 18.0. The molecule has 2 heteroatoms. The number of aliphatic hydroxyl groups excluding tert-OH is 1. The van der Waals surface area contributed by atoms with Gasteiger partial charge in [0, 0.05) is 16.7 Å². The van der Waals surface area contributed by atoms with E-state index in [1.54, 1.807) is 0 Å². The van der Waals surface area contributed by atoms with E-state index in [1.807, 2.05) is 0 Å². The molecular formula is C24H33NO. The summed E-state index contributed by atoms with van der Waals surface area (Å²) in [6, 6.07) is 13.1. The molecule has 2 nitrogen and oxygen atoms in total. The highest BCUT2D eigenvalue weighted by molar-refractivity contribution is 5.64. The Labute approximate surface area is 158 Å². The standard InChI is InChI=1S/C24H33NO/c1-7-24(8-2,16-26)21-11-9-10-20(25-21)17-12-13-18-19(14-17)23(5,6)15-22(18,3)4/h9-14,26H,7-8,15-16H2,1-6H3. The Bertz CT molecular complexity index is 791. The average Bonchev–Trinajstić information content (AvgIpc) is 2.81. The van der Waals surface area contributed by atoms with Crippen molar-refractivity contribution in [1.82, 2.24) is 4.98 Å². The molecule has 0 saturated heterocycles. The fraction of sp³-hybridized carbons (Fsp3) is 0.542. The third-order valence-electron chi connectivity index (χ3n) is 6.61. The monoisotopic (exact) mass is 351 g/mol. The van der Waals surface area contributed by atoms with Crippen LogP contribution in [0.15, 0.2) is 36.4 Å². The highest BCUT2D eigenvalue weighted by Crippen LogP contribution is 2.50. The lowest BCUT2D eigenvalue weighted by Crippen LogP contribution is -2.30. The fourth-order valence-electron chi connectivity index (χ4n) is 4.96. The Hall–Kier alpha value is -1.67. The van der Waals surface area contributed by atoms with E-state index in [0.29, 0.717) is 0 Å². The molecule has 1 N–H and O–H groups in total. The van der Waals surface area contributed by atoms with Crippen LogP contribution in [0.25, 0.3) is 11.3 Å². The summed E-state index contributed by atoms with van der Waals surface area (Å²) in [7, 11) is 0. The van der Waals surface area contributed by atoms with Gasteiger partial charge in [-0.3, -0.25) is 4.98 Å². The van der Waals surface area contributed by atoms with E-state index in [2.05, 4.69) is 77.9 Å². The van der Waals surface area contributed by atoms with Crippen LogP contribution >= 0.6 is 0 Å².